The van der Waals surface area contributed by atoms with Crippen molar-refractivity contribution < 1.29 is 9.47 Å². The highest BCUT2D eigenvalue weighted by Crippen LogP contribution is 2.34. The van der Waals surface area contributed by atoms with E-state index in [-0.39, 0.29) is 0 Å². The second kappa shape index (κ2) is 5.56. The summed E-state index contributed by atoms with van der Waals surface area (Å²) in [5.74, 6) is 1.71. The van der Waals surface area contributed by atoms with Crippen molar-refractivity contribution in [1.29, 1.82) is 0 Å². The summed E-state index contributed by atoms with van der Waals surface area (Å²) in [6, 6.07) is 7.81. The van der Waals surface area contributed by atoms with Crippen LogP contribution in [0.3, 0.4) is 0 Å². The lowest BCUT2D eigenvalue weighted by Crippen LogP contribution is -2.02. The maximum Gasteiger partial charge on any atom is 0.249 e. The number of hydrogen-bond donors (Lipinski definition) is 1. The molecule has 19 heavy (non-hydrogen) atoms. The number of nitrogens with two attached hydrogens (primary N) is 1. The number of hydrogen-bond acceptors (Lipinski definition) is 5. The topological polar surface area (TPSA) is 70.3 Å². The lowest BCUT2D eigenvalue weighted by atomic mass is 10.0. The minimum absolute atomic E-state index is 0.295. The maximum atomic E-state index is 5.89. The number of anilines is 1. The molecule has 0 radical (unpaired) electrons. The number of nitrogen functional groups attached to an aromatic ring is 1. The fourth-order valence-corrected chi connectivity index (χ4v) is 1.76. The van der Waals surface area contributed by atoms with Crippen molar-refractivity contribution in [2.45, 2.75) is 19.8 Å². The first kappa shape index (κ1) is 13.1. The molecule has 5 heteroatoms. The molecular weight excluding hydrogens is 242 g/mol. The van der Waals surface area contributed by atoms with Gasteiger partial charge in [0.15, 0.2) is 5.69 Å². The summed E-state index contributed by atoms with van der Waals surface area (Å²) in [6.45, 7) is 4.21. The van der Waals surface area contributed by atoms with E-state index < -0.39 is 0 Å². The summed E-state index contributed by atoms with van der Waals surface area (Å²) >= 11 is 0. The van der Waals surface area contributed by atoms with Gasteiger partial charge in [-0.15, -0.1) is 0 Å². The molecule has 1 aromatic heterocycles. The van der Waals surface area contributed by atoms with E-state index in [1.807, 2.05) is 24.3 Å². The Kier molecular flexibility index (Phi) is 3.85. The number of para-hydroxylation sites is 1. The number of benzene rings is 1. The number of nitrogens with zero attached hydrogens (tertiary/aromatic N) is 2. The molecule has 5 nitrogen and oxygen atoms in total. The van der Waals surface area contributed by atoms with E-state index in [9.17, 15) is 0 Å². The lowest BCUT2D eigenvalue weighted by Gasteiger charge is -2.14. The van der Waals surface area contributed by atoms with E-state index >= 15 is 0 Å². The zero-order valence-corrected chi connectivity index (χ0v) is 11.3. The van der Waals surface area contributed by atoms with Crippen molar-refractivity contribution in [1.82, 2.24) is 9.97 Å². The van der Waals surface area contributed by atoms with Gasteiger partial charge in [-0.2, -0.15) is 9.97 Å². The van der Waals surface area contributed by atoms with Crippen molar-refractivity contribution >= 4 is 5.69 Å². The molecule has 0 aliphatic rings. The Bertz CT molecular complexity index is 570. The Morgan fingerprint density at radius 2 is 1.79 bits per heavy atom. The van der Waals surface area contributed by atoms with Gasteiger partial charge in [-0.25, -0.2) is 0 Å². The van der Waals surface area contributed by atoms with Gasteiger partial charge in [0.1, 0.15) is 12.1 Å². The quantitative estimate of drug-likeness (QED) is 0.914. The molecule has 0 unspecified atom stereocenters. The van der Waals surface area contributed by atoms with Crippen molar-refractivity contribution in [3.8, 4) is 17.5 Å². The van der Waals surface area contributed by atoms with Gasteiger partial charge in [-0.05, 0) is 17.5 Å². The van der Waals surface area contributed by atoms with E-state index in [4.69, 9.17) is 15.2 Å². The highest BCUT2D eigenvalue weighted by atomic mass is 16.5. The van der Waals surface area contributed by atoms with Crippen molar-refractivity contribution in [3.63, 3.8) is 0 Å². The molecule has 0 aliphatic carbocycles. The molecule has 2 rings (SSSR count). The van der Waals surface area contributed by atoms with E-state index in [2.05, 4.69) is 23.8 Å². The highest BCUT2D eigenvalue weighted by Gasteiger charge is 2.13. The fraction of sp³-hybridized carbons (Fsp3) is 0.286. The zero-order chi connectivity index (χ0) is 13.8. The predicted octanol–water partition coefficient (Wildman–Crippen LogP) is 2.98. The highest BCUT2D eigenvalue weighted by molar-refractivity contribution is 5.57. The third-order valence-corrected chi connectivity index (χ3v) is 2.75. The second-order valence-corrected chi connectivity index (χ2v) is 4.40. The molecule has 0 atom stereocenters. The molecule has 2 aromatic rings. The third kappa shape index (κ3) is 2.76. The minimum atomic E-state index is 0.295. The molecule has 0 saturated heterocycles. The fourth-order valence-electron chi connectivity index (χ4n) is 1.76. The first-order valence-corrected chi connectivity index (χ1v) is 6.04. The average Bonchev–Trinajstić information content (AvgIpc) is 2.41. The van der Waals surface area contributed by atoms with Crippen LogP contribution in [-0.4, -0.2) is 17.1 Å². The van der Waals surface area contributed by atoms with Crippen LogP contribution in [-0.2, 0) is 0 Å². The Morgan fingerprint density at radius 1 is 1.11 bits per heavy atom. The number of aromatic nitrogens is 2. The van der Waals surface area contributed by atoms with Crippen molar-refractivity contribution in [2.24, 2.45) is 0 Å². The summed E-state index contributed by atoms with van der Waals surface area (Å²) in [6.07, 6.45) is 1.36. The second-order valence-electron chi connectivity index (χ2n) is 4.40. The van der Waals surface area contributed by atoms with Gasteiger partial charge in [0, 0.05) is 0 Å². The van der Waals surface area contributed by atoms with Gasteiger partial charge in [-0.3, -0.25) is 0 Å². The van der Waals surface area contributed by atoms with Crippen LogP contribution in [0, 0.1) is 0 Å². The van der Waals surface area contributed by atoms with Crippen LogP contribution in [0.1, 0.15) is 25.3 Å². The largest absolute Gasteiger partial charge is 0.479 e. The summed E-state index contributed by atoms with van der Waals surface area (Å²) in [5, 5.41) is 0. The molecule has 2 N–H and O–H groups in total. The van der Waals surface area contributed by atoms with E-state index in [1.165, 1.54) is 13.4 Å². The van der Waals surface area contributed by atoms with Crippen LogP contribution in [0.5, 0.6) is 17.5 Å². The van der Waals surface area contributed by atoms with Crippen LogP contribution >= 0.6 is 0 Å². The van der Waals surface area contributed by atoms with Crippen LogP contribution in [0.25, 0.3) is 0 Å². The molecule has 0 amide bonds. The van der Waals surface area contributed by atoms with Crippen LogP contribution in [0.4, 0.5) is 5.69 Å². The SMILES string of the molecule is COc1ncnc(Oc2ccccc2C(C)C)c1N. The van der Waals surface area contributed by atoms with Crippen LogP contribution in [0.2, 0.25) is 0 Å². The zero-order valence-electron chi connectivity index (χ0n) is 11.3. The monoisotopic (exact) mass is 259 g/mol. The molecule has 1 aromatic carbocycles. The van der Waals surface area contributed by atoms with Crippen molar-refractivity contribution in [2.75, 3.05) is 12.8 Å². The van der Waals surface area contributed by atoms with E-state index in [0.29, 0.717) is 23.4 Å². The van der Waals surface area contributed by atoms with Gasteiger partial charge in [0.25, 0.3) is 0 Å². The van der Waals surface area contributed by atoms with Gasteiger partial charge < -0.3 is 15.2 Å². The van der Waals surface area contributed by atoms with E-state index in [1.54, 1.807) is 0 Å². The lowest BCUT2D eigenvalue weighted by molar-refractivity contribution is 0.391. The number of ether oxygens (including phenoxy) is 2. The minimum Gasteiger partial charge on any atom is -0.479 e. The van der Waals surface area contributed by atoms with E-state index in [0.717, 1.165) is 11.3 Å². The standard InChI is InChI=1S/C14H17N3O2/c1-9(2)10-6-4-5-7-11(10)19-14-12(15)13(18-3)16-8-17-14/h4-9H,15H2,1-3H3. The predicted molar refractivity (Wildman–Crippen MR) is 73.6 cm³/mol. The molecule has 0 aliphatic heterocycles. The Morgan fingerprint density at radius 3 is 2.47 bits per heavy atom. The third-order valence-electron chi connectivity index (χ3n) is 2.75. The van der Waals surface area contributed by atoms with Crippen molar-refractivity contribution in [3.05, 3.63) is 36.2 Å². The normalized spacial score (nSPS) is 10.5. The van der Waals surface area contributed by atoms with Crippen LogP contribution in [0.15, 0.2) is 30.6 Å². The Balaban J connectivity index is 2.37. The van der Waals surface area contributed by atoms with Gasteiger partial charge in [0.2, 0.25) is 11.8 Å². The Hall–Kier alpha value is -2.30. The first-order valence-electron chi connectivity index (χ1n) is 6.04. The molecular formula is C14H17N3O2. The summed E-state index contributed by atoms with van der Waals surface area (Å²) in [5.41, 5.74) is 7.28. The van der Waals surface area contributed by atoms with Gasteiger partial charge in [0.05, 0.1) is 7.11 Å². The smallest absolute Gasteiger partial charge is 0.249 e. The molecule has 100 valence electrons. The molecule has 0 spiro atoms. The molecule has 0 bridgehead atoms. The molecule has 0 saturated carbocycles. The first-order chi connectivity index (χ1) is 9.13. The maximum absolute atomic E-state index is 5.89. The average molecular weight is 259 g/mol. The number of methoxy groups -OCH3 is 1. The summed E-state index contributed by atoms with van der Waals surface area (Å²) in [7, 11) is 1.50. The summed E-state index contributed by atoms with van der Waals surface area (Å²) < 4.78 is 10.8. The van der Waals surface area contributed by atoms with Gasteiger partial charge >= 0.3 is 0 Å². The number of rotatable bonds is 4. The van der Waals surface area contributed by atoms with Gasteiger partial charge in [-0.1, -0.05) is 32.0 Å². The van der Waals surface area contributed by atoms with Crippen LogP contribution < -0.4 is 15.2 Å². The Labute approximate surface area is 112 Å². The molecule has 1 heterocycles. The molecule has 0 fully saturated rings. The summed E-state index contributed by atoms with van der Waals surface area (Å²) in [4.78, 5) is 7.96.